The van der Waals surface area contributed by atoms with Crippen molar-refractivity contribution in [3.8, 4) is 0 Å². The van der Waals surface area contributed by atoms with Gasteiger partial charge in [0.25, 0.3) is 0 Å². The van der Waals surface area contributed by atoms with Crippen LogP contribution >= 0.6 is 0 Å². The van der Waals surface area contributed by atoms with Gasteiger partial charge in [-0.15, -0.1) is 0 Å². The van der Waals surface area contributed by atoms with E-state index in [0.717, 1.165) is 29.7 Å². The van der Waals surface area contributed by atoms with E-state index in [-0.39, 0.29) is 18.2 Å². The predicted molar refractivity (Wildman–Crippen MR) is 145 cm³/mol. The van der Waals surface area contributed by atoms with E-state index in [1.807, 2.05) is 31.2 Å². The number of rotatable bonds is 7. The molecular formula is C29H31FN4O3S. The van der Waals surface area contributed by atoms with Crippen LogP contribution in [-0.4, -0.2) is 56.4 Å². The van der Waals surface area contributed by atoms with Gasteiger partial charge in [0.1, 0.15) is 17.3 Å². The normalized spacial score (nSPS) is 21.2. The minimum absolute atomic E-state index is 0.00122. The maximum atomic E-state index is 14.0. The van der Waals surface area contributed by atoms with Crippen molar-refractivity contribution in [2.24, 2.45) is 0 Å². The number of nitrogens with zero attached hydrogens (tertiary/aromatic N) is 3. The molecule has 0 radical (unpaired) electrons. The summed E-state index contributed by atoms with van der Waals surface area (Å²) in [5.41, 5.74) is 2.15. The summed E-state index contributed by atoms with van der Waals surface area (Å²) in [5, 5.41) is 13.2. The van der Waals surface area contributed by atoms with Gasteiger partial charge in [-0.3, -0.25) is 4.79 Å². The van der Waals surface area contributed by atoms with Crippen molar-refractivity contribution < 1.29 is 18.8 Å². The van der Waals surface area contributed by atoms with E-state index in [0.29, 0.717) is 60.3 Å². The van der Waals surface area contributed by atoms with Crippen molar-refractivity contribution in [3.05, 3.63) is 76.7 Å². The van der Waals surface area contributed by atoms with Gasteiger partial charge in [0.2, 0.25) is 10.8 Å². The number of benzene rings is 2. The van der Waals surface area contributed by atoms with Gasteiger partial charge in [0.05, 0.1) is 17.6 Å². The number of carbonyl (C=O) groups is 1. The maximum absolute atomic E-state index is 14.0. The molecule has 0 bridgehead atoms. The summed E-state index contributed by atoms with van der Waals surface area (Å²) in [5.74, 6) is 1.33. The zero-order valence-corrected chi connectivity index (χ0v) is 22.2. The second-order valence-electron chi connectivity index (χ2n) is 10.8. The number of nitrogens with one attached hydrogen (secondary N) is 1. The van der Waals surface area contributed by atoms with Crippen molar-refractivity contribution >= 4 is 28.7 Å². The van der Waals surface area contributed by atoms with E-state index in [1.54, 1.807) is 12.1 Å². The topological polar surface area (TPSA) is 101 Å². The molecule has 0 spiro atoms. The van der Waals surface area contributed by atoms with Gasteiger partial charge in [0.15, 0.2) is 11.6 Å². The summed E-state index contributed by atoms with van der Waals surface area (Å²) in [6.45, 7) is 3.07. The minimum atomic E-state index is -1.16. The van der Waals surface area contributed by atoms with E-state index in [9.17, 15) is 18.8 Å². The van der Waals surface area contributed by atoms with Gasteiger partial charge in [-0.1, -0.05) is 42.0 Å². The molecule has 198 valence electrons. The average molecular weight is 535 g/mol. The van der Waals surface area contributed by atoms with Crippen molar-refractivity contribution in [2.75, 3.05) is 35.7 Å². The number of hydrogen-bond acceptors (Lipinski definition) is 7. The van der Waals surface area contributed by atoms with Crippen LogP contribution in [0.3, 0.4) is 0 Å². The third-order valence-electron chi connectivity index (χ3n) is 8.26. The Balaban J connectivity index is 1.31. The number of Topliss-reactive ketones (excluding diaryl/α,β-unsaturated/α-hetero) is 1. The zero-order valence-electron chi connectivity index (χ0n) is 21.4. The largest absolute Gasteiger partial charge is 0.611 e. The maximum Gasteiger partial charge on any atom is 0.227 e. The smallest absolute Gasteiger partial charge is 0.227 e. The fourth-order valence-electron chi connectivity index (χ4n) is 5.62. The molecule has 1 saturated carbocycles. The monoisotopic (exact) mass is 534 g/mol. The SMILES string of the molecule is Cc1ccc(C(=O)C2(c3ccc(F)cc3)CCN(c3nc4c(c(NC5(CO)CC5)n3)[S+]([O-])CC4)CC2)cc1. The van der Waals surface area contributed by atoms with Gasteiger partial charge < -0.3 is 19.9 Å². The first kappa shape index (κ1) is 25.3. The molecule has 2 fully saturated rings. The summed E-state index contributed by atoms with van der Waals surface area (Å²) in [6.07, 6.45) is 3.37. The number of halogens is 1. The molecule has 6 rings (SSSR count). The number of ketones is 1. The summed E-state index contributed by atoms with van der Waals surface area (Å²) in [6, 6.07) is 13.9. The average Bonchev–Trinajstić information content (AvgIpc) is 3.61. The van der Waals surface area contributed by atoms with E-state index >= 15 is 0 Å². The Morgan fingerprint density at radius 1 is 1.08 bits per heavy atom. The van der Waals surface area contributed by atoms with Crippen molar-refractivity contribution in [1.82, 2.24) is 9.97 Å². The molecule has 3 aromatic rings. The van der Waals surface area contributed by atoms with Crippen LogP contribution in [0.15, 0.2) is 53.4 Å². The highest BCUT2D eigenvalue weighted by molar-refractivity contribution is 7.91. The Kier molecular flexibility index (Phi) is 6.40. The molecule has 0 amide bonds. The molecule has 3 heterocycles. The van der Waals surface area contributed by atoms with Gasteiger partial charge in [0, 0.05) is 25.1 Å². The molecular weight excluding hydrogens is 503 g/mol. The highest BCUT2D eigenvalue weighted by atomic mass is 32.2. The molecule has 7 nitrogen and oxygen atoms in total. The molecule has 1 aliphatic carbocycles. The Morgan fingerprint density at radius 2 is 1.76 bits per heavy atom. The molecule has 1 unspecified atom stereocenters. The minimum Gasteiger partial charge on any atom is -0.611 e. The number of carbonyl (C=O) groups excluding carboxylic acids is 1. The van der Waals surface area contributed by atoms with Gasteiger partial charge in [-0.05, 0) is 61.5 Å². The van der Waals surface area contributed by atoms with Gasteiger partial charge >= 0.3 is 0 Å². The van der Waals surface area contributed by atoms with Crippen LogP contribution in [0.25, 0.3) is 0 Å². The van der Waals surface area contributed by atoms with Crippen LogP contribution in [0.2, 0.25) is 0 Å². The number of aliphatic hydroxyl groups excluding tert-OH is 1. The fraction of sp³-hybridized carbons (Fsp3) is 0.414. The fourth-order valence-corrected chi connectivity index (χ4v) is 6.93. The standard InChI is InChI=1S/C29H31FN4O3S/c1-19-2-4-20(5-3-19)25(36)29(21-6-8-22(30)9-7-21)13-15-34(16-14-29)27-31-23-10-17-38(37)24(23)26(32-27)33-28(18-35)11-12-28/h2-9,35H,10-18H2,1H3,(H,31,32,33). The molecule has 3 aliphatic rings. The molecule has 1 aromatic heterocycles. The van der Waals surface area contributed by atoms with Crippen LogP contribution in [0.5, 0.6) is 0 Å². The number of fused-ring (bicyclic) bond motifs is 1. The Labute approximate surface area is 224 Å². The van der Waals surface area contributed by atoms with Crippen LogP contribution in [0.4, 0.5) is 16.2 Å². The number of aromatic nitrogens is 2. The summed E-state index contributed by atoms with van der Waals surface area (Å²) >= 11 is -1.16. The quantitative estimate of drug-likeness (QED) is 0.350. The number of aryl methyl sites for hydroxylation is 2. The molecule has 2 aromatic carbocycles. The number of aliphatic hydroxyl groups is 1. The lowest BCUT2D eigenvalue weighted by atomic mass is 9.68. The lowest BCUT2D eigenvalue weighted by molar-refractivity contribution is 0.0854. The first-order valence-electron chi connectivity index (χ1n) is 13.1. The number of hydrogen-bond donors (Lipinski definition) is 2. The van der Waals surface area contributed by atoms with Gasteiger partial charge in [-0.2, -0.15) is 4.98 Å². The molecule has 38 heavy (non-hydrogen) atoms. The second kappa shape index (κ2) is 9.63. The molecule has 9 heteroatoms. The molecule has 1 saturated heterocycles. The van der Waals surface area contributed by atoms with Crippen molar-refractivity contribution in [2.45, 2.75) is 54.9 Å². The Hall–Kier alpha value is -3.01. The third-order valence-corrected chi connectivity index (χ3v) is 9.72. The van der Waals surface area contributed by atoms with E-state index in [1.165, 1.54) is 12.1 Å². The molecule has 2 aliphatic heterocycles. The first-order valence-corrected chi connectivity index (χ1v) is 14.5. The Bertz CT molecular complexity index is 1350. The lowest BCUT2D eigenvalue weighted by Gasteiger charge is -2.41. The Morgan fingerprint density at radius 3 is 2.39 bits per heavy atom. The van der Waals surface area contributed by atoms with E-state index < -0.39 is 22.1 Å². The van der Waals surface area contributed by atoms with Crippen LogP contribution in [0.1, 0.15) is 52.9 Å². The molecule has 1 atom stereocenters. The van der Waals surface area contributed by atoms with Gasteiger partial charge in [-0.25, -0.2) is 9.37 Å². The van der Waals surface area contributed by atoms with Crippen LogP contribution < -0.4 is 10.2 Å². The van der Waals surface area contributed by atoms with Crippen LogP contribution in [0, 0.1) is 12.7 Å². The lowest BCUT2D eigenvalue weighted by Crippen LogP contribution is -2.48. The summed E-state index contributed by atoms with van der Waals surface area (Å²) < 4.78 is 26.5. The van der Waals surface area contributed by atoms with Crippen molar-refractivity contribution in [3.63, 3.8) is 0 Å². The molecule has 2 N–H and O–H groups in total. The third kappa shape index (κ3) is 4.46. The first-order chi connectivity index (χ1) is 18.3. The number of piperidine rings is 1. The highest BCUT2D eigenvalue weighted by Gasteiger charge is 2.46. The highest BCUT2D eigenvalue weighted by Crippen LogP contribution is 2.43. The number of anilines is 2. The van der Waals surface area contributed by atoms with Crippen molar-refractivity contribution in [1.29, 1.82) is 0 Å². The summed E-state index contributed by atoms with van der Waals surface area (Å²) in [7, 11) is 0. The second-order valence-corrected chi connectivity index (χ2v) is 12.3. The zero-order chi connectivity index (χ0) is 26.5. The predicted octanol–water partition coefficient (Wildman–Crippen LogP) is 3.95. The van der Waals surface area contributed by atoms with E-state index in [4.69, 9.17) is 9.97 Å². The van der Waals surface area contributed by atoms with Crippen LogP contribution in [-0.2, 0) is 23.0 Å². The summed E-state index contributed by atoms with van der Waals surface area (Å²) in [4.78, 5) is 26.3. The van der Waals surface area contributed by atoms with E-state index in [2.05, 4.69) is 10.2 Å².